The minimum absolute atomic E-state index is 0.350. The van der Waals surface area contributed by atoms with E-state index in [0.29, 0.717) is 12.1 Å². The van der Waals surface area contributed by atoms with Gasteiger partial charge in [0.25, 0.3) is 0 Å². The molecule has 1 aromatic rings. The summed E-state index contributed by atoms with van der Waals surface area (Å²) in [7, 11) is 1.68. The second-order valence-corrected chi connectivity index (χ2v) is 5.50. The van der Waals surface area contributed by atoms with Crippen molar-refractivity contribution in [3.8, 4) is 5.75 Å². The van der Waals surface area contributed by atoms with Crippen molar-refractivity contribution >= 4 is 21.6 Å². The van der Waals surface area contributed by atoms with Gasteiger partial charge in [-0.05, 0) is 53.9 Å². The van der Waals surface area contributed by atoms with E-state index in [2.05, 4.69) is 39.9 Å². The lowest BCUT2D eigenvalue weighted by atomic mass is 9.98. The summed E-state index contributed by atoms with van der Waals surface area (Å²) in [6.45, 7) is 3.26. The zero-order chi connectivity index (χ0) is 12.4. The van der Waals surface area contributed by atoms with Crippen LogP contribution in [0.1, 0.15) is 19.8 Å². The Morgan fingerprint density at radius 2 is 2.24 bits per heavy atom. The molecule has 0 radical (unpaired) electrons. The van der Waals surface area contributed by atoms with Crippen molar-refractivity contribution < 1.29 is 4.74 Å². The van der Waals surface area contributed by atoms with E-state index in [1.165, 1.54) is 5.69 Å². The molecule has 3 nitrogen and oxygen atoms in total. The van der Waals surface area contributed by atoms with E-state index < -0.39 is 0 Å². The highest BCUT2D eigenvalue weighted by molar-refractivity contribution is 9.10. The molecule has 0 aliphatic carbocycles. The van der Waals surface area contributed by atoms with Crippen molar-refractivity contribution in [2.45, 2.75) is 31.8 Å². The fourth-order valence-electron chi connectivity index (χ4n) is 2.43. The van der Waals surface area contributed by atoms with Gasteiger partial charge in [-0.25, -0.2) is 0 Å². The maximum absolute atomic E-state index is 5.99. The van der Waals surface area contributed by atoms with Crippen molar-refractivity contribution in [3.63, 3.8) is 0 Å². The minimum atomic E-state index is 0.350. The molecule has 2 unspecified atom stereocenters. The summed E-state index contributed by atoms with van der Waals surface area (Å²) in [5, 5.41) is 0. The zero-order valence-corrected chi connectivity index (χ0v) is 11.9. The fourth-order valence-corrected chi connectivity index (χ4v) is 2.95. The van der Waals surface area contributed by atoms with E-state index in [9.17, 15) is 0 Å². The van der Waals surface area contributed by atoms with Crippen LogP contribution in [-0.2, 0) is 0 Å². The molecule has 1 heterocycles. The molecule has 94 valence electrons. The number of benzene rings is 1. The second-order valence-electron chi connectivity index (χ2n) is 4.65. The molecule has 1 saturated heterocycles. The lowest BCUT2D eigenvalue weighted by molar-refractivity contribution is 0.411. The molecule has 2 N–H and O–H groups in total. The van der Waals surface area contributed by atoms with Crippen LogP contribution in [0.2, 0.25) is 0 Å². The number of hydrogen-bond donors (Lipinski definition) is 1. The standard InChI is InChI=1S/C13H19BrN2O/c1-9-7-10(15)5-6-16(9)11-3-4-13(17-2)12(14)8-11/h3-4,8-10H,5-7,15H2,1-2H3. The normalized spacial score (nSPS) is 24.8. The maximum atomic E-state index is 5.99. The first-order valence-corrected chi connectivity index (χ1v) is 6.77. The third-order valence-electron chi connectivity index (χ3n) is 3.38. The number of methoxy groups -OCH3 is 1. The molecule has 2 rings (SSSR count). The van der Waals surface area contributed by atoms with E-state index in [-0.39, 0.29) is 0 Å². The lowest BCUT2D eigenvalue weighted by Crippen LogP contribution is -2.45. The highest BCUT2D eigenvalue weighted by Gasteiger charge is 2.23. The quantitative estimate of drug-likeness (QED) is 0.912. The monoisotopic (exact) mass is 298 g/mol. The van der Waals surface area contributed by atoms with Crippen molar-refractivity contribution in [1.29, 1.82) is 0 Å². The number of hydrogen-bond acceptors (Lipinski definition) is 3. The fraction of sp³-hybridized carbons (Fsp3) is 0.538. The molecule has 0 spiro atoms. The number of halogens is 1. The number of ether oxygens (including phenoxy) is 1. The lowest BCUT2D eigenvalue weighted by Gasteiger charge is -2.38. The van der Waals surface area contributed by atoms with Crippen LogP contribution in [0.25, 0.3) is 0 Å². The van der Waals surface area contributed by atoms with Gasteiger partial charge in [0.2, 0.25) is 0 Å². The van der Waals surface area contributed by atoms with Crippen LogP contribution < -0.4 is 15.4 Å². The van der Waals surface area contributed by atoms with Gasteiger partial charge in [0, 0.05) is 24.3 Å². The van der Waals surface area contributed by atoms with Gasteiger partial charge in [0.15, 0.2) is 0 Å². The highest BCUT2D eigenvalue weighted by atomic mass is 79.9. The Hall–Kier alpha value is -0.740. The minimum Gasteiger partial charge on any atom is -0.496 e. The van der Waals surface area contributed by atoms with Crippen LogP contribution >= 0.6 is 15.9 Å². The van der Waals surface area contributed by atoms with E-state index in [1.807, 2.05) is 6.07 Å². The van der Waals surface area contributed by atoms with E-state index in [4.69, 9.17) is 10.5 Å². The van der Waals surface area contributed by atoms with Crippen molar-refractivity contribution in [1.82, 2.24) is 0 Å². The zero-order valence-electron chi connectivity index (χ0n) is 10.3. The summed E-state index contributed by atoms with van der Waals surface area (Å²) >= 11 is 3.53. The van der Waals surface area contributed by atoms with Crippen molar-refractivity contribution in [2.24, 2.45) is 5.73 Å². The molecule has 4 heteroatoms. The largest absolute Gasteiger partial charge is 0.496 e. The van der Waals surface area contributed by atoms with Gasteiger partial charge >= 0.3 is 0 Å². The highest BCUT2D eigenvalue weighted by Crippen LogP contribution is 2.32. The average molecular weight is 299 g/mol. The van der Waals surface area contributed by atoms with Crippen LogP contribution in [0.3, 0.4) is 0 Å². The Labute approximate surface area is 111 Å². The molecule has 1 aliphatic rings. The summed E-state index contributed by atoms with van der Waals surface area (Å²) in [4.78, 5) is 2.41. The molecule has 1 aromatic carbocycles. The molecular formula is C13H19BrN2O. The Balaban J connectivity index is 2.19. The van der Waals surface area contributed by atoms with Gasteiger partial charge < -0.3 is 15.4 Å². The first kappa shape index (κ1) is 12.7. The Morgan fingerprint density at radius 3 is 2.82 bits per heavy atom. The Morgan fingerprint density at radius 1 is 1.47 bits per heavy atom. The predicted molar refractivity (Wildman–Crippen MR) is 74.7 cm³/mol. The molecule has 1 aliphatic heterocycles. The van der Waals surface area contributed by atoms with Crippen LogP contribution in [0, 0.1) is 0 Å². The van der Waals surface area contributed by atoms with E-state index in [0.717, 1.165) is 29.6 Å². The summed E-state index contributed by atoms with van der Waals surface area (Å²) in [5.74, 6) is 0.870. The molecular weight excluding hydrogens is 280 g/mol. The van der Waals surface area contributed by atoms with Gasteiger partial charge in [0.05, 0.1) is 11.6 Å². The number of rotatable bonds is 2. The number of piperidine rings is 1. The summed E-state index contributed by atoms with van der Waals surface area (Å²) < 4.78 is 6.25. The summed E-state index contributed by atoms with van der Waals surface area (Å²) in [5.41, 5.74) is 7.22. The molecule has 17 heavy (non-hydrogen) atoms. The molecule has 0 bridgehead atoms. The Kier molecular flexibility index (Phi) is 3.94. The van der Waals surface area contributed by atoms with Crippen LogP contribution in [0.4, 0.5) is 5.69 Å². The van der Waals surface area contributed by atoms with Crippen molar-refractivity contribution in [3.05, 3.63) is 22.7 Å². The average Bonchev–Trinajstić information content (AvgIpc) is 2.29. The summed E-state index contributed by atoms with van der Waals surface area (Å²) in [6.07, 6.45) is 2.12. The SMILES string of the molecule is COc1ccc(N2CCC(N)CC2C)cc1Br. The van der Waals surface area contributed by atoms with E-state index in [1.54, 1.807) is 7.11 Å². The smallest absolute Gasteiger partial charge is 0.133 e. The second kappa shape index (κ2) is 5.27. The third kappa shape index (κ3) is 2.75. The van der Waals surface area contributed by atoms with Crippen molar-refractivity contribution in [2.75, 3.05) is 18.6 Å². The first-order chi connectivity index (χ1) is 8.11. The van der Waals surface area contributed by atoms with Gasteiger partial charge in [-0.1, -0.05) is 0 Å². The van der Waals surface area contributed by atoms with Gasteiger partial charge in [-0.2, -0.15) is 0 Å². The maximum Gasteiger partial charge on any atom is 0.133 e. The number of nitrogens with two attached hydrogens (primary N) is 1. The molecule has 0 saturated carbocycles. The van der Waals surface area contributed by atoms with E-state index >= 15 is 0 Å². The van der Waals surface area contributed by atoms with Crippen LogP contribution in [0.5, 0.6) is 5.75 Å². The molecule has 2 atom stereocenters. The van der Waals surface area contributed by atoms with Crippen LogP contribution in [-0.4, -0.2) is 25.7 Å². The molecule has 0 amide bonds. The summed E-state index contributed by atoms with van der Waals surface area (Å²) in [6, 6.07) is 7.08. The number of nitrogens with zero attached hydrogens (tertiary/aromatic N) is 1. The van der Waals surface area contributed by atoms with Gasteiger partial charge in [-0.3, -0.25) is 0 Å². The third-order valence-corrected chi connectivity index (χ3v) is 4.00. The topological polar surface area (TPSA) is 38.5 Å². The van der Waals surface area contributed by atoms with Crippen LogP contribution in [0.15, 0.2) is 22.7 Å². The van der Waals surface area contributed by atoms with Gasteiger partial charge in [-0.15, -0.1) is 0 Å². The molecule has 1 fully saturated rings. The molecule has 0 aromatic heterocycles. The Bertz CT molecular complexity index is 397. The predicted octanol–water partition coefficient (Wildman–Crippen LogP) is 2.77. The van der Waals surface area contributed by atoms with Gasteiger partial charge in [0.1, 0.15) is 5.75 Å². The number of anilines is 1. The first-order valence-electron chi connectivity index (χ1n) is 5.97.